The van der Waals surface area contributed by atoms with E-state index in [2.05, 4.69) is 10.3 Å². The molecule has 0 bridgehead atoms. The lowest BCUT2D eigenvalue weighted by atomic mass is 10.1. The van der Waals surface area contributed by atoms with E-state index in [4.69, 9.17) is 23.2 Å². The normalized spacial score (nSPS) is 12.0. The van der Waals surface area contributed by atoms with Crippen molar-refractivity contribution in [1.82, 2.24) is 10.3 Å². The van der Waals surface area contributed by atoms with Gasteiger partial charge in [0.25, 0.3) is 5.91 Å². The number of hydrogen-bond donors (Lipinski definition) is 2. The first-order valence-corrected chi connectivity index (χ1v) is 7.06. The Bertz CT molecular complexity index is 662. The Balaban J connectivity index is 2.00. The number of aliphatic hydroxyl groups excluding tert-OH is 1. The summed E-state index contributed by atoms with van der Waals surface area (Å²) >= 11 is 11.8. The third-order valence-electron chi connectivity index (χ3n) is 2.91. The summed E-state index contributed by atoms with van der Waals surface area (Å²) in [5.41, 5.74) is 1.86. The molecule has 21 heavy (non-hydrogen) atoms. The number of carbonyl (C=O) groups excluding carboxylic acids is 1. The number of halogens is 2. The lowest BCUT2D eigenvalue weighted by Crippen LogP contribution is -2.28. The average molecular weight is 325 g/mol. The molecule has 110 valence electrons. The Labute approximate surface area is 132 Å². The molecule has 0 saturated carbocycles. The van der Waals surface area contributed by atoms with Crippen LogP contribution in [0.3, 0.4) is 0 Å². The van der Waals surface area contributed by atoms with E-state index in [1.54, 1.807) is 30.5 Å². The van der Waals surface area contributed by atoms with E-state index < -0.39 is 6.10 Å². The molecule has 6 heteroatoms. The van der Waals surface area contributed by atoms with Crippen molar-refractivity contribution >= 4 is 29.1 Å². The second-order valence-corrected chi connectivity index (χ2v) is 5.49. The second kappa shape index (κ2) is 6.89. The molecule has 1 atom stereocenters. The van der Waals surface area contributed by atoms with Crippen molar-refractivity contribution < 1.29 is 9.90 Å². The number of amides is 1. The highest BCUT2D eigenvalue weighted by Crippen LogP contribution is 2.25. The molecule has 1 amide bonds. The van der Waals surface area contributed by atoms with Gasteiger partial charge < -0.3 is 10.4 Å². The summed E-state index contributed by atoms with van der Waals surface area (Å²) in [6.45, 7) is 1.90. The van der Waals surface area contributed by atoms with Gasteiger partial charge in [0.1, 0.15) is 0 Å². The highest BCUT2D eigenvalue weighted by atomic mass is 35.5. The van der Waals surface area contributed by atoms with E-state index in [-0.39, 0.29) is 12.5 Å². The molecule has 0 aliphatic heterocycles. The topological polar surface area (TPSA) is 62.2 Å². The summed E-state index contributed by atoms with van der Waals surface area (Å²) in [6.07, 6.45) is 2.24. The molecule has 2 N–H and O–H groups in total. The Morgan fingerprint density at radius 1 is 1.33 bits per heavy atom. The summed E-state index contributed by atoms with van der Waals surface area (Å²) in [4.78, 5) is 15.9. The van der Waals surface area contributed by atoms with Crippen molar-refractivity contribution in [3.05, 3.63) is 63.4 Å². The fourth-order valence-electron chi connectivity index (χ4n) is 1.85. The Hall–Kier alpha value is -1.62. The number of rotatable bonds is 4. The van der Waals surface area contributed by atoms with Crippen LogP contribution < -0.4 is 5.32 Å². The molecule has 1 unspecified atom stereocenters. The van der Waals surface area contributed by atoms with Gasteiger partial charge in [-0.15, -0.1) is 0 Å². The minimum absolute atomic E-state index is 0.0497. The number of benzene rings is 1. The van der Waals surface area contributed by atoms with Gasteiger partial charge in [0.15, 0.2) is 0 Å². The molecule has 0 aliphatic carbocycles. The number of hydrogen-bond acceptors (Lipinski definition) is 3. The Morgan fingerprint density at radius 2 is 2.10 bits per heavy atom. The minimum Gasteiger partial charge on any atom is -0.387 e. The molecule has 1 heterocycles. The van der Waals surface area contributed by atoms with Crippen molar-refractivity contribution in [2.24, 2.45) is 0 Å². The van der Waals surface area contributed by atoms with E-state index in [9.17, 15) is 9.90 Å². The zero-order valence-electron chi connectivity index (χ0n) is 11.3. The van der Waals surface area contributed by atoms with Gasteiger partial charge in [0, 0.05) is 34.5 Å². The van der Waals surface area contributed by atoms with Crippen LogP contribution in [0, 0.1) is 6.92 Å². The quantitative estimate of drug-likeness (QED) is 0.908. The number of nitrogens with one attached hydrogen (secondary N) is 1. The highest BCUT2D eigenvalue weighted by Gasteiger charge is 2.14. The molecular weight excluding hydrogens is 311 g/mol. The lowest BCUT2D eigenvalue weighted by Gasteiger charge is -2.14. The van der Waals surface area contributed by atoms with Crippen LogP contribution in [0.4, 0.5) is 0 Å². The van der Waals surface area contributed by atoms with E-state index in [0.717, 1.165) is 5.56 Å². The summed E-state index contributed by atoms with van der Waals surface area (Å²) < 4.78 is 0. The van der Waals surface area contributed by atoms with Crippen molar-refractivity contribution in [1.29, 1.82) is 0 Å². The standard InChI is InChI=1S/C15H14Cl2N2O2/c1-9-4-10(7-18-6-9)15(21)19-8-14(20)12-3-2-11(16)5-13(12)17/h2-7,14,20H,8H2,1H3,(H,19,21). The number of carbonyl (C=O) groups is 1. The van der Waals surface area contributed by atoms with Crippen molar-refractivity contribution in [2.75, 3.05) is 6.54 Å². The van der Waals surface area contributed by atoms with E-state index in [0.29, 0.717) is 21.2 Å². The zero-order valence-corrected chi connectivity index (χ0v) is 12.8. The third-order valence-corrected chi connectivity index (χ3v) is 3.48. The molecule has 0 fully saturated rings. The second-order valence-electron chi connectivity index (χ2n) is 4.64. The highest BCUT2D eigenvalue weighted by molar-refractivity contribution is 6.35. The maximum Gasteiger partial charge on any atom is 0.252 e. The number of aromatic nitrogens is 1. The lowest BCUT2D eigenvalue weighted by molar-refractivity contribution is 0.0916. The monoisotopic (exact) mass is 324 g/mol. The van der Waals surface area contributed by atoms with Gasteiger partial charge >= 0.3 is 0 Å². The minimum atomic E-state index is -0.906. The van der Waals surface area contributed by atoms with Crippen molar-refractivity contribution in [3.8, 4) is 0 Å². The number of nitrogens with zero attached hydrogens (tertiary/aromatic N) is 1. The predicted molar refractivity (Wildman–Crippen MR) is 82.7 cm³/mol. The van der Waals surface area contributed by atoms with Crippen LogP contribution >= 0.6 is 23.2 Å². The van der Waals surface area contributed by atoms with Crippen LogP contribution in [0.5, 0.6) is 0 Å². The van der Waals surface area contributed by atoms with Crippen LogP contribution in [0.15, 0.2) is 36.7 Å². The van der Waals surface area contributed by atoms with Crippen LogP contribution in [-0.4, -0.2) is 22.5 Å². The van der Waals surface area contributed by atoms with E-state index in [1.165, 1.54) is 6.20 Å². The van der Waals surface area contributed by atoms with Gasteiger partial charge in [-0.2, -0.15) is 0 Å². The fourth-order valence-corrected chi connectivity index (χ4v) is 2.39. The molecular formula is C15H14Cl2N2O2. The SMILES string of the molecule is Cc1cncc(C(=O)NCC(O)c2ccc(Cl)cc2Cl)c1. The molecule has 2 rings (SSSR count). The van der Waals surface area contributed by atoms with Crippen LogP contribution in [-0.2, 0) is 0 Å². The van der Waals surface area contributed by atoms with Crippen molar-refractivity contribution in [3.63, 3.8) is 0 Å². The molecule has 0 aliphatic rings. The van der Waals surface area contributed by atoms with Gasteiger partial charge in [-0.1, -0.05) is 29.3 Å². The molecule has 0 radical (unpaired) electrons. The first kappa shape index (κ1) is 15.8. The maximum absolute atomic E-state index is 12.0. The molecule has 0 spiro atoms. The van der Waals surface area contributed by atoms with Crippen molar-refractivity contribution in [2.45, 2.75) is 13.0 Å². The number of aryl methyl sites for hydroxylation is 1. The Morgan fingerprint density at radius 3 is 2.76 bits per heavy atom. The van der Waals surface area contributed by atoms with Crippen LogP contribution in [0.2, 0.25) is 10.0 Å². The first-order valence-electron chi connectivity index (χ1n) is 6.30. The van der Waals surface area contributed by atoms with Gasteiger partial charge in [-0.3, -0.25) is 9.78 Å². The maximum atomic E-state index is 12.0. The largest absolute Gasteiger partial charge is 0.387 e. The Kier molecular flexibility index (Phi) is 5.17. The number of aliphatic hydroxyl groups is 1. The first-order chi connectivity index (χ1) is 9.97. The van der Waals surface area contributed by atoms with E-state index >= 15 is 0 Å². The zero-order chi connectivity index (χ0) is 15.4. The van der Waals surface area contributed by atoms with Gasteiger partial charge in [0.2, 0.25) is 0 Å². The molecule has 1 aromatic heterocycles. The summed E-state index contributed by atoms with van der Waals surface area (Å²) in [5, 5.41) is 13.6. The van der Waals surface area contributed by atoms with Crippen LogP contribution in [0.25, 0.3) is 0 Å². The van der Waals surface area contributed by atoms with Crippen LogP contribution in [0.1, 0.15) is 27.6 Å². The summed E-state index contributed by atoms with van der Waals surface area (Å²) in [5.74, 6) is -0.296. The predicted octanol–water partition coefficient (Wildman–Crippen LogP) is 3.16. The van der Waals surface area contributed by atoms with E-state index in [1.807, 2.05) is 6.92 Å². The smallest absolute Gasteiger partial charge is 0.252 e. The van der Waals surface area contributed by atoms with Gasteiger partial charge in [-0.25, -0.2) is 0 Å². The summed E-state index contributed by atoms with van der Waals surface area (Å²) in [6, 6.07) is 6.55. The van der Waals surface area contributed by atoms with Gasteiger partial charge in [0.05, 0.1) is 11.7 Å². The molecule has 1 aromatic carbocycles. The number of pyridine rings is 1. The average Bonchev–Trinajstić information content (AvgIpc) is 2.44. The molecule has 0 saturated heterocycles. The third kappa shape index (κ3) is 4.17. The molecule has 2 aromatic rings. The fraction of sp³-hybridized carbons (Fsp3) is 0.200. The van der Waals surface area contributed by atoms with Gasteiger partial charge in [-0.05, 0) is 30.7 Å². The summed E-state index contributed by atoms with van der Waals surface area (Å²) in [7, 11) is 0. The molecule has 4 nitrogen and oxygen atoms in total.